The summed E-state index contributed by atoms with van der Waals surface area (Å²) in [7, 11) is 0. The smallest absolute Gasteiger partial charge is 0.0915 e. The number of aliphatic imine (C=N–C) groups is 1. The van der Waals surface area contributed by atoms with Crippen LogP contribution in [0.3, 0.4) is 0 Å². The van der Waals surface area contributed by atoms with Crippen LogP contribution in [-0.2, 0) is 0 Å². The molecule has 0 heterocycles. The summed E-state index contributed by atoms with van der Waals surface area (Å²) in [4.78, 5) is 5.07. The van der Waals surface area contributed by atoms with E-state index in [0.29, 0.717) is 0 Å². The number of rotatable bonds is 5. The SMILES string of the molecule is C=N/C=C(\NCC)Sc1cccc(C)c1C. The summed E-state index contributed by atoms with van der Waals surface area (Å²) in [6.45, 7) is 10.7. The molecule has 1 rings (SSSR count). The van der Waals surface area contributed by atoms with E-state index in [4.69, 9.17) is 0 Å². The summed E-state index contributed by atoms with van der Waals surface area (Å²) in [6.07, 6.45) is 1.76. The maximum atomic E-state index is 3.81. The monoisotopic (exact) mass is 234 g/mol. The van der Waals surface area contributed by atoms with Crippen LogP contribution in [0, 0.1) is 13.8 Å². The van der Waals surface area contributed by atoms with Crippen molar-refractivity contribution in [1.29, 1.82) is 0 Å². The van der Waals surface area contributed by atoms with Gasteiger partial charge in [-0.3, -0.25) is 4.99 Å². The van der Waals surface area contributed by atoms with E-state index in [2.05, 4.69) is 56.0 Å². The lowest BCUT2D eigenvalue weighted by Crippen LogP contribution is -2.09. The molecule has 0 saturated carbocycles. The van der Waals surface area contributed by atoms with Gasteiger partial charge in [0.2, 0.25) is 0 Å². The summed E-state index contributed by atoms with van der Waals surface area (Å²) in [6, 6.07) is 6.33. The number of nitrogens with one attached hydrogen (secondary N) is 1. The molecule has 1 aromatic rings. The van der Waals surface area contributed by atoms with Gasteiger partial charge in [-0.05, 0) is 44.7 Å². The Morgan fingerprint density at radius 2 is 2.25 bits per heavy atom. The second-order valence-corrected chi connectivity index (χ2v) is 4.59. The van der Waals surface area contributed by atoms with E-state index in [1.54, 1.807) is 18.0 Å². The Labute approximate surface area is 102 Å². The van der Waals surface area contributed by atoms with Crippen molar-refractivity contribution in [2.45, 2.75) is 25.7 Å². The number of aryl methyl sites for hydroxylation is 1. The van der Waals surface area contributed by atoms with Crippen molar-refractivity contribution < 1.29 is 0 Å². The molecule has 16 heavy (non-hydrogen) atoms. The average Bonchev–Trinajstić information content (AvgIpc) is 2.25. The van der Waals surface area contributed by atoms with Crippen LogP contribution in [0.1, 0.15) is 18.1 Å². The first-order chi connectivity index (χ1) is 7.69. The highest BCUT2D eigenvalue weighted by atomic mass is 32.2. The Morgan fingerprint density at radius 3 is 2.88 bits per heavy atom. The highest BCUT2D eigenvalue weighted by Crippen LogP contribution is 2.29. The third-order valence-electron chi connectivity index (χ3n) is 2.33. The normalized spacial score (nSPS) is 11.3. The molecular weight excluding hydrogens is 216 g/mol. The molecule has 86 valence electrons. The van der Waals surface area contributed by atoms with Crippen LogP contribution in [-0.4, -0.2) is 13.3 Å². The lowest BCUT2D eigenvalue weighted by atomic mass is 10.1. The third-order valence-corrected chi connectivity index (χ3v) is 3.47. The van der Waals surface area contributed by atoms with Crippen molar-refractivity contribution in [2.24, 2.45) is 4.99 Å². The van der Waals surface area contributed by atoms with E-state index in [1.165, 1.54) is 16.0 Å². The van der Waals surface area contributed by atoms with E-state index in [0.717, 1.165) is 11.6 Å². The topological polar surface area (TPSA) is 24.4 Å². The molecule has 1 N–H and O–H groups in total. The summed E-state index contributed by atoms with van der Waals surface area (Å²) < 4.78 is 0. The van der Waals surface area contributed by atoms with Crippen LogP contribution < -0.4 is 5.32 Å². The van der Waals surface area contributed by atoms with Crippen molar-refractivity contribution >= 4 is 18.5 Å². The quantitative estimate of drug-likeness (QED) is 0.623. The molecule has 0 unspecified atom stereocenters. The Balaban J connectivity index is 2.89. The van der Waals surface area contributed by atoms with Crippen LogP contribution in [0.25, 0.3) is 0 Å². The number of hydrogen-bond acceptors (Lipinski definition) is 3. The first kappa shape index (κ1) is 12.8. The van der Waals surface area contributed by atoms with Crippen molar-refractivity contribution in [2.75, 3.05) is 6.54 Å². The fourth-order valence-corrected chi connectivity index (χ4v) is 2.36. The highest BCUT2D eigenvalue weighted by Gasteiger charge is 2.04. The largest absolute Gasteiger partial charge is 0.379 e. The zero-order chi connectivity index (χ0) is 12.0. The number of benzene rings is 1. The molecule has 0 amide bonds. The van der Waals surface area contributed by atoms with Gasteiger partial charge < -0.3 is 5.32 Å². The van der Waals surface area contributed by atoms with Gasteiger partial charge >= 0.3 is 0 Å². The zero-order valence-corrected chi connectivity index (χ0v) is 10.9. The molecule has 0 aliphatic rings. The minimum Gasteiger partial charge on any atom is -0.379 e. The van der Waals surface area contributed by atoms with E-state index >= 15 is 0 Å². The van der Waals surface area contributed by atoms with Crippen molar-refractivity contribution in [3.63, 3.8) is 0 Å². The van der Waals surface area contributed by atoms with E-state index in [-0.39, 0.29) is 0 Å². The average molecular weight is 234 g/mol. The van der Waals surface area contributed by atoms with E-state index in [9.17, 15) is 0 Å². The maximum absolute atomic E-state index is 3.81. The Kier molecular flexibility index (Phi) is 5.12. The lowest BCUT2D eigenvalue weighted by Gasteiger charge is -2.11. The molecule has 0 atom stereocenters. The molecule has 0 bridgehead atoms. The van der Waals surface area contributed by atoms with Crippen molar-refractivity contribution in [3.8, 4) is 0 Å². The summed E-state index contributed by atoms with van der Waals surface area (Å²) >= 11 is 1.69. The molecule has 0 radical (unpaired) electrons. The second kappa shape index (κ2) is 6.38. The van der Waals surface area contributed by atoms with Crippen LogP contribution in [0.5, 0.6) is 0 Å². The van der Waals surface area contributed by atoms with Crippen LogP contribution in [0.2, 0.25) is 0 Å². The standard InChI is InChI=1S/C13H18N2S/c1-5-15-13(9-14-4)16-12-8-6-7-10(2)11(12)3/h6-9,15H,4-5H2,1-3H3/b13-9+. The van der Waals surface area contributed by atoms with Gasteiger partial charge in [-0.15, -0.1) is 0 Å². The van der Waals surface area contributed by atoms with E-state index in [1.807, 2.05) is 0 Å². The van der Waals surface area contributed by atoms with Gasteiger partial charge in [0.25, 0.3) is 0 Å². The molecule has 3 heteroatoms. The number of hydrogen-bond donors (Lipinski definition) is 1. The highest BCUT2D eigenvalue weighted by molar-refractivity contribution is 8.03. The van der Waals surface area contributed by atoms with Gasteiger partial charge in [0.15, 0.2) is 0 Å². The Hall–Kier alpha value is -1.22. The van der Waals surface area contributed by atoms with E-state index < -0.39 is 0 Å². The fraction of sp³-hybridized carbons (Fsp3) is 0.308. The Morgan fingerprint density at radius 1 is 1.50 bits per heavy atom. The van der Waals surface area contributed by atoms with Gasteiger partial charge in [-0.25, -0.2) is 0 Å². The molecular formula is C13H18N2S. The lowest BCUT2D eigenvalue weighted by molar-refractivity contribution is 0.901. The van der Waals surface area contributed by atoms with Gasteiger partial charge in [-0.1, -0.05) is 23.9 Å². The molecule has 0 spiro atoms. The summed E-state index contributed by atoms with van der Waals surface area (Å²) in [5, 5.41) is 4.30. The summed E-state index contributed by atoms with van der Waals surface area (Å²) in [5.74, 6) is 0. The predicted octanol–water partition coefficient (Wildman–Crippen LogP) is 3.50. The van der Waals surface area contributed by atoms with Gasteiger partial charge in [0.05, 0.1) is 11.2 Å². The minimum absolute atomic E-state index is 0.888. The minimum atomic E-state index is 0.888. The van der Waals surface area contributed by atoms with Gasteiger partial charge in [0.1, 0.15) is 0 Å². The molecule has 0 saturated heterocycles. The first-order valence-corrected chi connectivity index (χ1v) is 6.14. The van der Waals surface area contributed by atoms with Crippen LogP contribution >= 0.6 is 11.8 Å². The molecule has 0 aliphatic carbocycles. The summed E-state index contributed by atoms with van der Waals surface area (Å²) in [5.41, 5.74) is 2.63. The second-order valence-electron chi connectivity index (χ2n) is 3.51. The maximum Gasteiger partial charge on any atom is 0.0915 e. The van der Waals surface area contributed by atoms with Crippen molar-refractivity contribution in [1.82, 2.24) is 5.32 Å². The predicted molar refractivity (Wildman–Crippen MR) is 73.1 cm³/mol. The fourth-order valence-electron chi connectivity index (χ4n) is 1.32. The number of nitrogens with zero attached hydrogens (tertiary/aromatic N) is 1. The van der Waals surface area contributed by atoms with Gasteiger partial charge in [0, 0.05) is 11.4 Å². The molecule has 0 fully saturated rings. The molecule has 2 nitrogen and oxygen atoms in total. The zero-order valence-electron chi connectivity index (χ0n) is 10.1. The third kappa shape index (κ3) is 3.42. The molecule has 0 aromatic heterocycles. The van der Waals surface area contributed by atoms with Crippen LogP contribution in [0.4, 0.5) is 0 Å². The van der Waals surface area contributed by atoms with Crippen molar-refractivity contribution in [3.05, 3.63) is 40.6 Å². The molecule has 1 aromatic carbocycles. The first-order valence-electron chi connectivity index (χ1n) is 5.33. The number of thioether (sulfide) groups is 1. The Bertz CT molecular complexity index is 397. The van der Waals surface area contributed by atoms with Gasteiger partial charge in [-0.2, -0.15) is 0 Å². The molecule has 0 aliphatic heterocycles. The van der Waals surface area contributed by atoms with Crippen LogP contribution in [0.15, 0.2) is 39.3 Å².